The Kier molecular flexibility index (Phi) is 4.43. The highest BCUT2D eigenvalue weighted by Gasteiger charge is 2.40. The summed E-state index contributed by atoms with van der Waals surface area (Å²) in [7, 11) is 0. The van der Waals surface area contributed by atoms with Crippen molar-refractivity contribution in [3.05, 3.63) is 35.4 Å². The predicted molar refractivity (Wildman–Crippen MR) is 80.0 cm³/mol. The van der Waals surface area contributed by atoms with E-state index < -0.39 is 11.6 Å². The normalized spacial score (nSPS) is 28.5. The van der Waals surface area contributed by atoms with E-state index in [2.05, 4.69) is 0 Å². The Bertz CT molecular complexity index is 635. The van der Waals surface area contributed by atoms with Crippen LogP contribution in [0.3, 0.4) is 0 Å². The molecular formula is C17H20F2N2O2. The second-order valence-electron chi connectivity index (χ2n) is 6.31. The molecule has 0 aliphatic carbocycles. The SMILES string of the molecule is CC1C2CCCCN1N(Cc1cccc(F)c1F)C(=O)CC2=O. The van der Waals surface area contributed by atoms with Crippen molar-refractivity contribution >= 4 is 11.7 Å². The third-order valence-corrected chi connectivity index (χ3v) is 4.89. The molecule has 1 amide bonds. The Balaban J connectivity index is 1.94. The molecule has 2 aliphatic heterocycles. The van der Waals surface area contributed by atoms with Crippen LogP contribution in [0.4, 0.5) is 8.78 Å². The van der Waals surface area contributed by atoms with Gasteiger partial charge in [0.05, 0.1) is 13.0 Å². The largest absolute Gasteiger partial charge is 0.299 e. The third kappa shape index (κ3) is 3.00. The number of halogens is 2. The quantitative estimate of drug-likeness (QED) is 0.786. The van der Waals surface area contributed by atoms with Gasteiger partial charge in [0.25, 0.3) is 0 Å². The lowest BCUT2D eigenvalue weighted by molar-refractivity contribution is -0.153. The smallest absolute Gasteiger partial charge is 0.244 e. The van der Waals surface area contributed by atoms with E-state index in [9.17, 15) is 18.4 Å². The molecule has 2 bridgehead atoms. The van der Waals surface area contributed by atoms with Crippen LogP contribution in [0.5, 0.6) is 0 Å². The van der Waals surface area contributed by atoms with Gasteiger partial charge in [0, 0.05) is 24.1 Å². The molecule has 2 aliphatic rings. The van der Waals surface area contributed by atoms with Crippen molar-refractivity contribution in [1.82, 2.24) is 10.0 Å². The van der Waals surface area contributed by atoms with Crippen molar-refractivity contribution in [2.24, 2.45) is 5.92 Å². The van der Waals surface area contributed by atoms with Crippen molar-refractivity contribution in [1.29, 1.82) is 0 Å². The topological polar surface area (TPSA) is 40.6 Å². The highest BCUT2D eigenvalue weighted by Crippen LogP contribution is 2.30. The number of ketones is 1. The molecule has 2 fully saturated rings. The average Bonchev–Trinajstić information content (AvgIpc) is 2.74. The number of hydrogen-bond donors (Lipinski definition) is 0. The van der Waals surface area contributed by atoms with Gasteiger partial charge in [-0.25, -0.2) is 13.8 Å². The fourth-order valence-corrected chi connectivity index (χ4v) is 3.59. The maximum Gasteiger partial charge on any atom is 0.244 e. The van der Waals surface area contributed by atoms with Gasteiger partial charge < -0.3 is 0 Å². The minimum Gasteiger partial charge on any atom is -0.299 e. The molecule has 0 saturated carbocycles. The molecule has 23 heavy (non-hydrogen) atoms. The number of carbonyl (C=O) groups is 2. The molecule has 2 heterocycles. The van der Waals surface area contributed by atoms with Gasteiger partial charge >= 0.3 is 0 Å². The Labute approximate surface area is 134 Å². The molecule has 124 valence electrons. The van der Waals surface area contributed by atoms with Crippen LogP contribution >= 0.6 is 0 Å². The zero-order valence-electron chi connectivity index (χ0n) is 13.1. The molecule has 1 aromatic rings. The highest BCUT2D eigenvalue weighted by atomic mass is 19.2. The summed E-state index contributed by atoms with van der Waals surface area (Å²) >= 11 is 0. The molecule has 3 unspecified atom stereocenters. The Morgan fingerprint density at radius 2 is 2.00 bits per heavy atom. The predicted octanol–water partition coefficient (Wildman–Crippen LogP) is 2.67. The van der Waals surface area contributed by atoms with Crippen LogP contribution in [-0.2, 0) is 16.1 Å². The number of hydrogen-bond acceptors (Lipinski definition) is 3. The van der Waals surface area contributed by atoms with Crippen LogP contribution in [0.25, 0.3) is 0 Å². The van der Waals surface area contributed by atoms with Crippen LogP contribution in [0, 0.1) is 17.6 Å². The summed E-state index contributed by atoms with van der Waals surface area (Å²) in [4.78, 5) is 24.8. The van der Waals surface area contributed by atoms with E-state index in [-0.39, 0.29) is 42.2 Å². The number of amides is 1. The van der Waals surface area contributed by atoms with Crippen LogP contribution in [0.15, 0.2) is 18.2 Å². The van der Waals surface area contributed by atoms with Crippen LogP contribution in [0.1, 0.15) is 38.2 Å². The van der Waals surface area contributed by atoms with E-state index in [0.29, 0.717) is 6.54 Å². The monoisotopic (exact) mass is 322 g/mol. The first-order valence-corrected chi connectivity index (χ1v) is 8.01. The van der Waals surface area contributed by atoms with Crippen molar-refractivity contribution in [2.75, 3.05) is 6.54 Å². The first-order chi connectivity index (χ1) is 11.0. The van der Waals surface area contributed by atoms with Gasteiger partial charge in [0.1, 0.15) is 5.78 Å². The Morgan fingerprint density at radius 1 is 1.22 bits per heavy atom. The lowest BCUT2D eigenvalue weighted by atomic mass is 9.91. The van der Waals surface area contributed by atoms with E-state index in [1.165, 1.54) is 17.1 Å². The maximum absolute atomic E-state index is 14.0. The fraction of sp³-hybridized carbons (Fsp3) is 0.529. The van der Waals surface area contributed by atoms with E-state index in [1.807, 2.05) is 11.9 Å². The summed E-state index contributed by atoms with van der Waals surface area (Å²) in [5.74, 6) is -2.41. The summed E-state index contributed by atoms with van der Waals surface area (Å²) in [6.45, 7) is 2.53. The molecule has 0 radical (unpaired) electrons. The molecule has 2 saturated heterocycles. The Morgan fingerprint density at radius 3 is 2.78 bits per heavy atom. The summed E-state index contributed by atoms with van der Waals surface area (Å²) in [6, 6.07) is 3.85. The maximum atomic E-state index is 14.0. The van der Waals surface area contributed by atoms with Gasteiger partial charge in [-0.2, -0.15) is 0 Å². The summed E-state index contributed by atoms with van der Waals surface area (Å²) in [5.41, 5.74) is 0.126. The summed E-state index contributed by atoms with van der Waals surface area (Å²) < 4.78 is 27.4. The molecule has 4 nitrogen and oxygen atoms in total. The van der Waals surface area contributed by atoms with Gasteiger partial charge in [0.2, 0.25) is 5.91 Å². The summed E-state index contributed by atoms with van der Waals surface area (Å²) in [5, 5.41) is 3.31. The zero-order valence-corrected chi connectivity index (χ0v) is 13.1. The van der Waals surface area contributed by atoms with Crippen LogP contribution in [-0.4, -0.2) is 34.3 Å². The van der Waals surface area contributed by atoms with Crippen molar-refractivity contribution in [3.63, 3.8) is 0 Å². The number of fused-ring (bicyclic) bond motifs is 2. The van der Waals surface area contributed by atoms with Crippen molar-refractivity contribution < 1.29 is 18.4 Å². The third-order valence-electron chi connectivity index (χ3n) is 4.89. The second kappa shape index (κ2) is 6.35. The van der Waals surface area contributed by atoms with E-state index in [1.54, 1.807) is 0 Å². The Hall–Kier alpha value is -1.82. The lowest BCUT2D eigenvalue weighted by Crippen LogP contribution is -2.50. The molecule has 0 aromatic heterocycles. The molecule has 6 heteroatoms. The standard InChI is InChI=1S/C17H20F2N2O2/c1-11-13-6-2-3-8-20(11)21(16(23)9-15(13)22)10-12-5-4-7-14(18)17(12)19/h4-5,7,11,13H,2-3,6,8-10H2,1H3. The molecule has 3 rings (SSSR count). The number of carbonyl (C=O) groups excluding carboxylic acids is 2. The average molecular weight is 322 g/mol. The van der Waals surface area contributed by atoms with Gasteiger partial charge in [-0.1, -0.05) is 18.6 Å². The van der Waals surface area contributed by atoms with Gasteiger partial charge in [-0.15, -0.1) is 0 Å². The van der Waals surface area contributed by atoms with Crippen molar-refractivity contribution in [3.8, 4) is 0 Å². The molecule has 0 spiro atoms. The molecular weight excluding hydrogens is 302 g/mol. The van der Waals surface area contributed by atoms with Gasteiger partial charge in [0.15, 0.2) is 11.6 Å². The van der Waals surface area contributed by atoms with Crippen molar-refractivity contribution in [2.45, 2.75) is 45.2 Å². The van der Waals surface area contributed by atoms with Gasteiger partial charge in [-0.3, -0.25) is 14.6 Å². The number of hydrazine groups is 1. The number of nitrogens with zero attached hydrogens (tertiary/aromatic N) is 2. The van der Waals surface area contributed by atoms with E-state index in [4.69, 9.17) is 0 Å². The van der Waals surface area contributed by atoms with Crippen LogP contribution < -0.4 is 0 Å². The van der Waals surface area contributed by atoms with E-state index in [0.717, 1.165) is 25.3 Å². The molecule has 0 N–H and O–H groups in total. The lowest BCUT2D eigenvalue weighted by Gasteiger charge is -2.37. The summed E-state index contributed by atoms with van der Waals surface area (Å²) in [6.07, 6.45) is 2.44. The van der Waals surface area contributed by atoms with E-state index >= 15 is 0 Å². The highest BCUT2D eigenvalue weighted by molar-refractivity contribution is 6.00. The fourth-order valence-electron chi connectivity index (χ4n) is 3.59. The molecule has 1 aromatic carbocycles. The first kappa shape index (κ1) is 16.1. The molecule has 3 atom stereocenters. The minimum atomic E-state index is -0.935. The first-order valence-electron chi connectivity index (χ1n) is 8.01. The number of Topliss-reactive ketones (excluding diaryl/α,β-unsaturated/α-hetero) is 1. The van der Waals surface area contributed by atoms with Crippen LogP contribution in [0.2, 0.25) is 0 Å². The zero-order chi connectivity index (χ0) is 16.6. The second-order valence-corrected chi connectivity index (χ2v) is 6.31. The number of benzene rings is 1. The minimum absolute atomic E-state index is 0.0448. The number of rotatable bonds is 2. The van der Waals surface area contributed by atoms with Gasteiger partial charge in [-0.05, 0) is 25.8 Å².